The van der Waals surface area contributed by atoms with E-state index in [1.165, 1.54) is 136 Å². The van der Waals surface area contributed by atoms with Gasteiger partial charge in [-0.15, -0.1) is 0 Å². The third kappa shape index (κ3) is 27.6. The van der Waals surface area contributed by atoms with Crippen molar-refractivity contribution in [3.05, 3.63) is 12.2 Å². The highest BCUT2D eigenvalue weighted by Crippen LogP contribution is 2.20. The molecule has 0 fully saturated rings. The fraction of sp³-hybridized carbons (Fsp3) is 0.906. The monoisotopic (exact) mass is 493 g/mol. The molecule has 0 aliphatic heterocycles. The molecule has 208 valence electrons. The van der Waals surface area contributed by atoms with Crippen molar-refractivity contribution in [3.8, 4) is 0 Å². The molecule has 0 aliphatic carbocycles. The number of carbonyl (C=O) groups is 1. The molecular weight excluding hydrogens is 430 g/mol. The third-order valence-corrected chi connectivity index (χ3v) is 7.22. The van der Waals surface area contributed by atoms with Gasteiger partial charge in [0.15, 0.2) is 0 Å². The molecule has 0 rings (SSSR count). The van der Waals surface area contributed by atoms with Crippen molar-refractivity contribution in [3.63, 3.8) is 0 Å². The summed E-state index contributed by atoms with van der Waals surface area (Å²) in [5.74, 6) is 0.830. The highest BCUT2D eigenvalue weighted by molar-refractivity contribution is 5.68. The Kier molecular flexibility index (Phi) is 27.1. The van der Waals surface area contributed by atoms with Crippen LogP contribution in [0.3, 0.4) is 0 Å². The predicted octanol–water partition coefficient (Wildman–Crippen LogP) is 9.89. The average Bonchev–Trinajstić information content (AvgIpc) is 2.84. The van der Waals surface area contributed by atoms with Gasteiger partial charge < -0.3 is 9.64 Å². The van der Waals surface area contributed by atoms with Crippen LogP contribution in [-0.2, 0) is 9.53 Å². The van der Waals surface area contributed by atoms with Gasteiger partial charge in [0.05, 0.1) is 7.11 Å². The lowest BCUT2D eigenvalue weighted by Crippen LogP contribution is -2.21. The van der Waals surface area contributed by atoms with Crippen molar-refractivity contribution in [2.75, 3.05) is 27.7 Å². The molecule has 0 saturated heterocycles. The molecule has 0 N–H and O–H groups in total. The number of esters is 1. The molecular formula is C32H63NO2. The van der Waals surface area contributed by atoms with E-state index in [4.69, 9.17) is 0 Å². The largest absolute Gasteiger partial charge is 0.469 e. The van der Waals surface area contributed by atoms with Crippen LogP contribution in [0.4, 0.5) is 0 Å². The van der Waals surface area contributed by atoms with Gasteiger partial charge in [0.2, 0.25) is 0 Å². The zero-order chi connectivity index (χ0) is 25.8. The molecule has 0 spiro atoms. The SMILES string of the molecule is CCCCCCCCCC(CCCCCCCCCC/C=C\CCCCCC(=O)OC)CN(C)C. The number of unbranched alkanes of at least 4 members (excludes halogenated alkanes) is 17. The van der Waals surface area contributed by atoms with Gasteiger partial charge in [-0.05, 0) is 65.0 Å². The molecule has 0 radical (unpaired) electrons. The van der Waals surface area contributed by atoms with Gasteiger partial charge in [-0.25, -0.2) is 0 Å². The molecule has 3 heteroatoms. The van der Waals surface area contributed by atoms with Gasteiger partial charge in [0.25, 0.3) is 0 Å². The summed E-state index contributed by atoms with van der Waals surface area (Å²) in [4.78, 5) is 13.4. The molecule has 3 nitrogen and oxygen atoms in total. The average molecular weight is 494 g/mol. The van der Waals surface area contributed by atoms with Crippen molar-refractivity contribution in [2.24, 2.45) is 5.92 Å². The maximum atomic E-state index is 11.0. The Hall–Kier alpha value is -0.830. The van der Waals surface area contributed by atoms with Gasteiger partial charge in [0, 0.05) is 13.0 Å². The zero-order valence-corrected chi connectivity index (χ0v) is 24.5. The fourth-order valence-corrected chi connectivity index (χ4v) is 5.04. The van der Waals surface area contributed by atoms with Crippen LogP contribution in [0.15, 0.2) is 12.2 Å². The maximum absolute atomic E-state index is 11.0. The minimum atomic E-state index is -0.0803. The lowest BCUT2D eigenvalue weighted by Gasteiger charge is -2.21. The Bertz CT molecular complexity index is 460. The number of allylic oxidation sites excluding steroid dienone is 2. The Balaban J connectivity index is 3.49. The summed E-state index contributed by atoms with van der Waals surface area (Å²) in [5.41, 5.74) is 0. The van der Waals surface area contributed by atoms with E-state index in [0.29, 0.717) is 6.42 Å². The Labute approximate surface area is 220 Å². The maximum Gasteiger partial charge on any atom is 0.305 e. The summed E-state index contributed by atoms with van der Waals surface area (Å²) in [6.07, 6.45) is 35.0. The van der Waals surface area contributed by atoms with Crippen LogP contribution in [0.1, 0.15) is 155 Å². The third-order valence-electron chi connectivity index (χ3n) is 7.22. The summed E-state index contributed by atoms with van der Waals surface area (Å²) in [5, 5.41) is 0. The summed E-state index contributed by atoms with van der Waals surface area (Å²) < 4.78 is 4.67. The van der Waals surface area contributed by atoms with Gasteiger partial charge >= 0.3 is 5.97 Å². The van der Waals surface area contributed by atoms with Crippen molar-refractivity contribution >= 4 is 5.97 Å². The smallest absolute Gasteiger partial charge is 0.305 e. The van der Waals surface area contributed by atoms with Crippen LogP contribution in [0.25, 0.3) is 0 Å². The van der Waals surface area contributed by atoms with Crippen LogP contribution in [-0.4, -0.2) is 38.6 Å². The second-order valence-electron chi connectivity index (χ2n) is 11.1. The van der Waals surface area contributed by atoms with E-state index < -0.39 is 0 Å². The molecule has 0 aromatic rings. The zero-order valence-electron chi connectivity index (χ0n) is 24.5. The summed E-state index contributed by atoms with van der Waals surface area (Å²) in [6.45, 7) is 3.58. The first kappa shape index (κ1) is 34.2. The van der Waals surface area contributed by atoms with Crippen LogP contribution >= 0.6 is 0 Å². The molecule has 0 amide bonds. The van der Waals surface area contributed by atoms with Gasteiger partial charge in [-0.2, -0.15) is 0 Å². The minimum absolute atomic E-state index is 0.0803. The molecule has 0 aliphatic rings. The summed E-state index contributed by atoms with van der Waals surface area (Å²) in [7, 11) is 5.94. The summed E-state index contributed by atoms with van der Waals surface area (Å²) >= 11 is 0. The van der Waals surface area contributed by atoms with E-state index in [2.05, 4.69) is 42.8 Å². The van der Waals surface area contributed by atoms with Gasteiger partial charge in [-0.1, -0.05) is 115 Å². The first-order valence-corrected chi connectivity index (χ1v) is 15.5. The van der Waals surface area contributed by atoms with E-state index in [0.717, 1.165) is 25.2 Å². The highest BCUT2D eigenvalue weighted by Gasteiger charge is 2.09. The molecule has 1 atom stereocenters. The van der Waals surface area contributed by atoms with E-state index in [1.54, 1.807) is 0 Å². The number of nitrogens with zero attached hydrogens (tertiary/aromatic N) is 1. The van der Waals surface area contributed by atoms with Crippen molar-refractivity contribution in [1.82, 2.24) is 4.90 Å². The molecule has 0 saturated carbocycles. The molecule has 0 aromatic carbocycles. The Morgan fingerprint density at radius 2 is 1.09 bits per heavy atom. The Morgan fingerprint density at radius 3 is 1.54 bits per heavy atom. The molecule has 0 heterocycles. The lowest BCUT2D eigenvalue weighted by atomic mass is 9.93. The standard InChI is InChI=1S/C32H63NO2/c1-5-6-7-8-18-21-24-27-31(30-33(2)3)28-25-22-19-16-14-12-10-9-11-13-15-17-20-23-26-29-32(34)35-4/h13,15,31H,5-12,14,16-30H2,1-4H3/b15-13-. The van der Waals surface area contributed by atoms with Gasteiger partial charge in [-0.3, -0.25) is 4.79 Å². The molecule has 1 unspecified atom stereocenters. The number of methoxy groups -OCH3 is 1. The second kappa shape index (κ2) is 27.8. The van der Waals surface area contributed by atoms with Crippen molar-refractivity contribution in [2.45, 2.75) is 155 Å². The normalized spacial score (nSPS) is 12.6. The van der Waals surface area contributed by atoms with E-state index >= 15 is 0 Å². The first-order chi connectivity index (χ1) is 17.1. The number of rotatable bonds is 27. The quantitative estimate of drug-likeness (QED) is 0.0647. The fourth-order valence-electron chi connectivity index (χ4n) is 5.04. The Morgan fingerprint density at radius 1 is 0.657 bits per heavy atom. The number of hydrogen-bond acceptors (Lipinski definition) is 3. The van der Waals surface area contributed by atoms with E-state index in [-0.39, 0.29) is 5.97 Å². The van der Waals surface area contributed by atoms with Gasteiger partial charge in [0.1, 0.15) is 0 Å². The van der Waals surface area contributed by atoms with Crippen molar-refractivity contribution in [1.29, 1.82) is 0 Å². The minimum Gasteiger partial charge on any atom is -0.469 e. The van der Waals surface area contributed by atoms with Crippen molar-refractivity contribution < 1.29 is 9.53 Å². The molecule has 35 heavy (non-hydrogen) atoms. The second-order valence-corrected chi connectivity index (χ2v) is 11.1. The van der Waals surface area contributed by atoms with E-state index in [9.17, 15) is 4.79 Å². The number of ether oxygens (including phenoxy) is 1. The number of carbonyl (C=O) groups excluding carboxylic acids is 1. The lowest BCUT2D eigenvalue weighted by molar-refractivity contribution is -0.140. The molecule has 0 aromatic heterocycles. The molecule has 0 bridgehead atoms. The van der Waals surface area contributed by atoms with Crippen LogP contribution < -0.4 is 0 Å². The van der Waals surface area contributed by atoms with Crippen LogP contribution in [0, 0.1) is 5.92 Å². The number of hydrogen-bond donors (Lipinski definition) is 0. The highest BCUT2D eigenvalue weighted by atomic mass is 16.5. The van der Waals surface area contributed by atoms with Crippen LogP contribution in [0.2, 0.25) is 0 Å². The first-order valence-electron chi connectivity index (χ1n) is 15.5. The topological polar surface area (TPSA) is 29.5 Å². The van der Waals surface area contributed by atoms with Crippen LogP contribution in [0.5, 0.6) is 0 Å². The predicted molar refractivity (Wildman–Crippen MR) is 155 cm³/mol. The van der Waals surface area contributed by atoms with E-state index in [1.807, 2.05) is 0 Å². The summed E-state index contributed by atoms with van der Waals surface area (Å²) in [6, 6.07) is 0.